The van der Waals surface area contributed by atoms with Crippen molar-refractivity contribution >= 4 is 41.5 Å². The summed E-state index contributed by atoms with van der Waals surface area (Å²) in [6.45, 7) is 7.76. The molecular formula is C46H61N7O10. The molecular weight excluding hydrogens is 811 g/mol. The summed E-state index contributed by atoms with van der Waals surface area (Å²) in [4.78, 5) is 82.0. The molecule has 3 aromatic carbocycles. The van der Waals surface area contributed by atoms with E-state index in [4.69, 9.17) is 20.9 Å². The van der Waals surface area contributed by atoms with Crippen molar-refractivity contribution in [1.82, 2.24) is 20.4 Å². The molecule has 0 aromatic heterocycles. The molecule has 2 aliphatic heterocycles. The Morgan fingerprint density at radius 1 is 0.651 bits per heavy atom. The smallest absolute Gasteiger partial charge is 0.407 e. The zero-order valence-corrected chi connectivity index (χ0v) is 36.8. The molecule has 5 rings (SSSR count). The first-order valence-corrected chi connectivity index (χ1v) is 20.9. The van der Waals surface area contributed by atoms with E-state index in [0.29, 0.717) is 13.1 Å². The maximum atomic E-state index is 14.1. The summed E-state index contributed by atoms with van der Waals surface area (Å²) in [6.07, 6.45) is -3.06. The Bertz CT molecular complexity index is 1970. The molecule has 6 amide bonds. The molecule has 0 radical (unpaired) electrons. The summed E-state index contributed by atoms with van der Waals surface area (Å²) in [7, 11) is 2.37. The van der Waals surface area contributed by atoms with Crippen molar-refractivity contribution in [2.45, 2.75) is 103 Å². The van der Waals surface area contributed by atoms with Crippen LogP contribution in [0, 0.1) is 10.8 Å². The molecule has 0 bridgehead atoms. The summed E-state index contributed by atoms with van der Waals surface area (Å²) in [6, 6.07) is 22.2. The van der Waals surface area contributed by atoms with Gasteiger partial charge in [-0.2, -0.15) is 0 Å². The van der Waals surface area contributed by atoms with Crippen molar-refractivity contribution in [3.05, 3.63) is 101 Å². The summed E-state index contributed by atoms with van der Waals surface area (Å²) in [5, 5.41) is 26.7. The molecule has 0 spiro atoms. The maximum absolute atomic E-state index is 14.1. The number of likely N-dealkylation sites (tertiary alicyclic amines) is 2. The van der Waals surface area contributed by atoms with Gasteiger partial charge in [-0.1, -0.05) is 94.4 Å². The monoisotopic (exact) mass is 871 g/mol. The van der Waals surface area contributed by atoms with E-state index in [1.807, 2.05) is 78.9 Å². The van der Waals surface area contributed by atoms with E-state index in [1.54, 1.807) is 27.7 Å². The second-order valence-corrected chi connectivity index (χ2v) is 17.9. The minimum atomic E-state index is -1.15. The SMILES string of the molecule is COC(=O)N[C@H](C(=O)N1C[C@H](O)C[C@H]1c1ccc(CN(Cc2ccc([C@@H]3C[C@@H](O)CN3C(=O)[C@@H](NC(=O)OC)C(C)(C)CC(N)=O)cc2)c2ccccc2)cc1)C(C)(C)CC(N)=O. The highest BCUT2D eigenvalue weighted by atomic mass is 16.5. The van der Waals surface area contributed by atoms with E-state index in [2.05, 4.69) is 15.5 Å². The number of amides is 6. The summed E-state index contributed by atoms with van der Waals surface area (Å²) in [5.74, 6) is -2.19. The first-order chi connectivity index (χ1) is 29.7. The van der Waals surface area contributed by atoms with Crippen LogP contribution in [0.5, 0.6) is 0 Å². The minimum Gasteiger partial charge on any atom is -0.453 e. The van der Waals surface area contributed by atoms with Crippen molar-refractivity contribution in [3.63, 3.8) is 0 Å². The number of benzene rings is 3. The van der Waals surface area contributed by atoms with E-state index < -0.39 is 83.0 Å². The summed E-state index contributed by atoms with van der Waals surface area (Å²) >= 11 is 0. The number of nitrogens with two attached hydrogens (primary N) is 2. The number of para-hydroxylation sites is 1. The van der Waals surface area contributed by atoms with Crippen molar-refractivity contribution in [2.24, 2.45) is 22.3 Å². The van der Waals surface area contributed by atoms with Crippen LogP contribution < -0.4 is 27.0 Å². The molecule has 6 atom stereocenters. The lowest BCUT2D eigenvalue weighted by Crippen LogP contribution is -2.56. The van der Waals surface area contributed by atoms with Gasteiger partial charge in [0.05, 0.1) is 38.5 Å². The van der Waals surface area contributed by atoms with Gasteiger partial charge in [0.25, 0.3) is 0 Å². The van der Waals surface area contributed by atoms with E-state index in [0.717, 1.165) is 27.9 Å². The van der Waals surface area contributed by atoms with Crippen LogP contribution in [0.3, 0.4) is 0 Å². The number of carbonyl (C=O) groups is 6. The highest BCUT2D eigenvalue weighted by Gasteiger charge is 2.46. The Morgan fingerprint density at radius 3 is 1.35 bits per heavy atom. The molecule has 8 N–H and O–H groups in total. The average Bonchev–Trinajstić information content (AvgIpc) is 3.83. The van der Waals surface area contributed by atoms with E-state index in [1.165, 1.54) is 24.0 Å². The molecule has 2 aliphatic rings. The number of ether oxygens (including phenoxy) is 2. The Balaban J connectivity index is 1.34. The van der Waals surface area contributed by atoms with Crippen LogP contribution in [0.2, 0.25) is 0 Å². The standard InChI is InChI=1S/C46H61N7O10/c1-45(2,22-37(47)56)39(49-43(60)62-5)41(58)52-26-33(54)20-35(52)30-16-12-28(13-17-30)24-51(32-10-8-7-9-11-32)25-29-14-18-31(19-15-29)36-21-34(55)27-53(36)42(59)40(50-44(61)63-6)46(3,4)23-38(48)57/h7-19,33-36,39-40,54-55H,20-27H2,1-6H3,(H2,47,56)(H2,48,57)(H,49,60)(H,50,61)/t33-,34-,35+,36+,39-,40-/m1/s1. The quantitative estimate of drug-likeness (QED) is 0.115. The summed E-state index contributed by atoms with van der Waals surface area (Å²) < 4.78 is 9.57. The Labute approximate surface area is 368 Å². The van der Waals surface area contributed by atoms with Crippen LogP contribution in [0.15, 0.2) is 78.9 Å². The van der Waals surface area contributed by atoms with Gasteiger partial charge in [0.1, 0.15) is 12.1 Å². The molecule has 0 aliphatic carbocycles. The second-order valence-electron chi connectivity index (χ2n) is 17.9. The van der Waals surface area contributed by atoms with Gasteiger partial charge in [0.2, 0.25) is 23.6 Å². The molecule has 0 saturated carbocycles. The van der Waals surface area contributed by atoms with Crippen LogP contribution in [0.4, 0.5) is 15.3 Å². The normalized spacial score (nSPS) is 19.7. The van der Waals surface area contributed by atoms with Crippen LogP contribution >= 0.6 is 0 Å². The number of aliphatic hydroxyl groups is 2. The minimum absolute atomic E-state index is 0.0375. The molecule has 2 fully saturated rings. The predicted octanol–water partition coefficient (Wildman–Crippen LogP) is 3.41. The maximum Gasteiger partial charge on any atom is 0.407 e. The Morgan fingerprint density at radius 2 is 1.02 bits per heavy atom. The number of nitrogens with zero attached hydrogens (tertiary/aromatic N) is 3. The number of nitrogens with one attached hydrogen (secondary N) is 2. The molecule has 2 heterocycles. The summed E-state index contributed by atoms with van der Waals surface area (Å²) in [5.41, 5.74) is 13.4. The molecule has 0 unspecified atom stereocenters. The van der Waals surface area contributed by atoms with Crippen molar-refractivity contribution in [3.8, 4) is 0 Å². The van der Waals surface area contributed by atoms with Gasteiger partial charge in [-0.05, 0) is 47.2 Å². The molecule has 17 heteroatoms. The number of hydrogen-bond donors (Lipinski definition) is 6. The number of alkyl carbamates (subject to hydrolysis) is 2. The van der Waals surface area contributed by atoms with Crippen molar-refractivity contribution in [1.29, 1.82) is 0 Å². The number of methoxy groups -OCH3 is 2. The molecule has 17 nitrogen and oxygen atoms in total. The molecule has 2 saturated heterocycles. The Kier molecular flexibility index (Phi) is 15.4. The number of carbonyl (C=O) groups excluding carboxylic acids is 6. The fraction of sp³-hybridized carbons (Fsp3) is 0.478. The molecule has 3 aromatic rings. The largest absolute Gasteiger partial charge is 0.453 e. The Hall–Kier alpha value is -6.20. The van der Waals surface area contributed by atoms with Gasteiger partial charge in [-0.3, -0.25) is 19.2 Å². The van der Waals surface area contributed by atoms with Gasteiger partial charge in [0.15, 0.2) is 0 Å². The van der Waals surface area contributed by atoms with Crippen LogP contribution in [0.25, 0.3) is 0 Å². The van der Waals surface area contributed by atoms with E-state index in [9.17, 15) is 39.0 Å². The van der Waals surface area contributed by atoms with Crippen molar-refractivity contribution in [2.75, 3.05) is 32.2 Å². The fourth-order valence-corrected chi connectivity index (χ4v) is 8.73. The van der Waals surface area contributed by atoms with Gasteiger partial charge >= 0.3 is 12.2 Å². The van der Waals surface area contributed by atoms with Gasteiger partial charge in [-0.15, -0.1) is 0 Å². The number of aliphatic hydroxyl groups excluding tert-OH is 2. The predicted molar refractivity (Wildman–Crippen MR) is 233 cm³/mol. The van der Waals surface area contributed by atoms with E-state index >= 15 is 0 Å². The lowest BCUT2D eigenvalue weighted by atomic mass is 9.80. The number of rotatable bonds is 17. The molecule has 340 valence electrons. The third-order valence-corrected chi connectivity index (χ3v) is 11.9. The number of β-amino-alcohol motifs (C(OH)–C–C–N with tert-alkyl or cyclic N) is 2. The van der Waals surface area contributed by atoms with Gasteiger partial charge in [0, 0.05) is 55.5 Å². The third-order valence-electron chi connectivity index (χ3n) is 11.9. The zero-order chi connectivity index (χ0) is 46.2. The van der Waals surface area contributed by atoms with Crippen molar-refractivity contribution < 1.29 is 48.5 Å². The lowest BCUT2D eigenvalue weighted by Gasteiger charge is -2.37. The van der Waals surface area contributed by atoms with Crippen LogP contribution in [0.1, 0.15) is 87.7 Å². The van der Waals surface area contributed by atoms with Crippen LogP contribution in [-0.2, 0) is 41.7 Å². The highest BCUT2D eigenvalue weighted by Crippen LogP contribution is 2.38. The molecule has 63 heavy (non-hydrogen) atoms. The first-order valence-electron chi connectivity index (χ1n) is 20.9. The lowest BCUT2D eigenvalue weighted by molar-refractivity contribution is -0.139. The number of hydrogen-bond acceptors (Lipinski definition) is 11. The number of anilines is 1. The third kappa shape index (κ3) is 12.0. The second kappa shape index (κ2) is 20.3. The average molecular weight is 872 g/mol. The van der Waals surface area contributed by atoms with Gasteiger partial charge < -0.3 is 56.5 Å². The zero-order valence-electron chi connectivity index (χ0n) is 36.8. The van der Waals surface area contributed by atoms with E-state index in [-0.39, 0.29) is 38.8 Å². The number of primary amides is 2. The van der Waals surface area contributed by atoms with Crippen LogP contribution in [-0.4, -0.2) is 107 Å². The first kappa shape index (κ1) is 47.8. The topological polar surface area (TPSA) is 247 Å². The fourth-order valence-electron chi connectivity index (χ4n) is 8.73. The highest BCUT2D eigenvalue weighted by molar-refractivity contribution is 5.89. The van der Waals surface area contributed by atoms with Gasteiger partial charge in [-0.25, -0.2) is 9.59 Å².